The van der Waals surface area contributed by atoms with Crippen molar-refractivity contribution in [3.05, 3.63) is 34.3 Å². The molecule has 0 aromatic heterocycles. The van der Waals surface area contributed by atoms with Gasteiger partial charge in [0, 0.05) is 12.1 Å². The molecule has 0 saturated carbocycles. The van der Waals surface area contributed by atoms with Gasteiger partial charge in [-0.15, -0.1) is 0 Å². The molecule has 178 valence electrons. The summed E-state index contributed by atoms with van der Waals surface area (Å²) in [5.41, 5.74) is 0.480. The number of carbonyl (C=O) groups excluding carboxylic acids is 2. The molecular weight excluding hydrogens is 473 g/mol. The molecule has 11 heteroatoms. The zero-order chi connectivity index (χ0) is 24.5. The summed E-state index contributed by atoms with van der Waals surface area (Å²) >= 11 is 12.5. The van der Waals surface area contributed by atoms with E-state index in [0.29, 0.717) is 35.5 Å². The first-order valence-corrected chi connectivity index (χ1v) is 10.7. The van der Waals surface area contributed by atoms with Crippen molar-refractivity contribution < 1.29 is 28.5 Å². The molecule has 1 N–H and O–H groups in total. The summed E-state index contributed by atoms with van der Waals surface area (Å²) in [5.74, 6) is 0.0971. The van der Waals surface area contributed by atoms with E-state index in [0.717, 1.165) is 0 Å². The van der Waals surface area contributed by atoms with Gasteiger partial charge in [0.05, 0.1) is 38.1 Å². The van der Waals surface area contributed by atoms with E-state index in [1.807, 2.05) is 0 Å². The molecule has 0 aliphatic carbocycles. The molecule has 1 amide bonds. The van der Waals surface area contributed by atoms with Gasteiger partial charge < -0.3 is 24.3 Å². The van der Waals surface area contributed by atoms with E-state index in [9.17, 15) is 9.59 Å². The minimum atomic E-state index is -1.44. The van der Waals surface area contributed by atoms with Crippen molar-refractivity contribution in [3.8, 4) is 23.0 Å². The van der Waals surface area contributed by atoms with Crippen LogP contribution in [0.3, 0.4) is 0 Å². The third-order valence-corrected chi connectivity index (χ3v) is 4.93. The van der Waals surface area contributed by atoms with Crippen LogP contribution in [-0.2, 0) is 9.59 Å². The van der Waals surface area contributed by atoms with Crippen LogP contribution in [-0.4, -0.2) is 45.2 Å². The van der Waals surface area contributed by atoms with E-state index in [-0.39, 0.29) is 22.1 Å². The molecule has 0 bridgehead atoms. The van der Waals surface area contributed by atoms with E-state index in [1.165, 1.54) is 39.3 Å². The van der Waals surface area contributed by atoms with Crippen molar-refractivity contribution >= 4 is 46.3 Å². The van der Waals surface area contributed by atoms with Crippen molar-refractivity contribution in [2.24, 2.45) is 10.2 Å². The number of halogens is 2. The molecule has 0 aliphatic rings. The number of hydrogen-bond donors (Lipinski definition) is 1. The predicted molar refractivity (Wildman–Crippen MR) is 126 cm³/mol. The molecule has 2 aromatic rings. The van der Waals surface area contributed by atoms with Crippen LogP contribution in [0.4, 0.5) is 11.4 Å². The number of azo groups is 1. The fourth-order valence-electron chi connectivity index (χ4n) is 2.77. The number of carbonyl (C=O) groups is 2. The number of rotatable bonds is 11. The van der Waals surface area contributed by atoms with Gasteiger partial charge in [-0.3, -0.25) is 9.59 Å². The van der Waals surface area contributed by atoms with Crippen molar-refractivity contribution in [2.45, 2.75) is 26.8 Å². The van der Waals surface area contributed by atoms with E-state index in [2.05, 4.69) is 15.5 Å². The van der Waals surface area contributed by atoms with Gasteiger partial charge in [-0.05, 0) is 32.9 Å². The van der Waals surface area contributed by atoms with Crippen LogP contribution >= 0.6 is 23.2 Å². The van der Waals surface area contributed by atoms with E-state index < -0.39 is 17.7 Å². The quantitative estimate of drug-likeness (QED) is 0.324. The Morgan fingerprint density at radius 1 is 1.00 bits per heavy atom. The Bertz CT molecular complexity index is 1050. The summed E-state index contributed by atoms with van der Waals surface area (Å²) in [4.78, 5) is 25.1. The van der Waals surface area contributed by atoms with Crippen LogP contribution in [0, 0.1) is 0 Å². The molecule has 0 aliphatic heterocycles. The number of anilines is 1. The van der Waals surface area contributed by atoms with Gasteiger partial charge in [-0.1, -0.05) is 23.2 Å². The number of methoxy groups -OCH3 is 2. The lowest BCUT2D eigenvalue weighted by Crippen LogP contribution is -2.32. The van der Waals surface area contributed by atoms with Crippen LogP contribution < -0.4 is 24.3 Å². The third kappa shape index (κ3) is 6.49. The molecule has 2 rings (SSSR count). The first kappa shape index (κ1) is 26.2. The molecular formula is C22H25Cl2N3O6. The number of Topliss-reactive ketones (excluding diaryl/α,β-unsaturated/α-hetero) is 1. The van der Waals surface area contributed by atoms with Crippen LogP contribution in [0.1, 0.15) is 20.8 Å². The Morgan fingerprint density at radius 3 is 2.24 bits per heavy atom. The second-order valence-corrected chi connectivity index (χ2v) is 7.28. The zero-order valence-corrected chi connectivity index (χ0v) is 20.4. The predicted octanol–water partition coefficient (Wildman–Crippen LogP) is 5.49. The number of nitrogens with one attached hydrogen (secondary N) is 1. The standard InChI is InChI=1S/C22H25Cl2N3O6/c1-6-32-17-11-15(18(33-7-2)10-13(17)23)25-22(29)20(12(3)28)27-26-14-8-9-16(30-4)21(31-5)19(14)24/h8-11,20H,6-7H2,1-5H3,(H,25,29). The second kappa shape index (κ2) is 12.3. The van der Waals surface area contributed by atoms with Crippen LogP contribution in [0.5, 0.6) is 23.0 Å². The normalized spacial score (nSPS) is 11.7. The maximum absolute atomic E-state index is 12.9. The highest BCUT2D eigenvalue weighted by molar-refractivity contribution is 6.34. The summed E-state index contributed by atoms with van der Waals surface area (Å²) in [5, 5.41) is 11.0. The molecule has 1 unspecified atom stereocenters. The SMILES string of the molecule is CCOc1cc(NC(=O)C(N=Nc2ccc(OC)c(OC)c2Cl)C(C)=O)c(OCC)cc1Cl. The fourth-order valence-corrected chi connectivity index (χ4v) is 3.25. The molecule has 0 radical (unpaired) electrons. The molecule has 9 nitrogen and oxygen atoms in total. The Labute approximate surface area is 202 Å². The van der Waals surface area contributed by atoms with Gasteiger partial charge in [-0.2, -0.15) is 10.2 Å². The first-order chi connectivity index (χ1) is 15.8. The molecule has 0 heterocycles. The third-order valence-electron chi connectivity index (χ3n) is 4.27. The number of amides is 1. The Morgan fingerprint density at radius 2 is 1.67 bits per heavy atom. The fraction of sp³-hybridized carbons (Fsp3) is 0.364. The van der Waals surface area contributed by atoms with Gasteiger partial charge in [0.25, 0.3) is 5.91 Å². The van der Waals surface area contributed by atoms with Crippen LogP contribution in [0.25, 0.3) is 0 Å². The molecule has 0 spiro atoms. The highest BCUT2D eigenvalue weighted by Crippen LogP contribution is 2.41. The number of ketones is 1. The number of ether oxygens (including phenoxy) is 4. The Kier molecular flexibility index (Phi) is 9.74. The highest BCUT2D eigenvalue weighted by atomic mass is 35.5. The zero-order valence-electron chi connectivity index (χ0n) is 18.9. The second-order valence-electron chi connectivity index (χ2n) is 6.50. The highest BCUT2D eigenvalue weighted by Gasteiger charge is 2.25. The Hall–Kier alpha value is -3.04. The molecule has 2 aromatic carbocycles. The monoisotopic (exact) mass is 497 g/mol. The van der Waals surface area contributed by atoms with Gasteiger partial charge in [-0.25, -0.2) is 0 Å². The number of nitrogens with zero attached hydrogens (tertiary/aromatic N) is 2. The van der Waals surface area contributed by atoms with Gasteiger partial charge in [0.2, 0.25) is 6.04 Å². The lowest BCUT2D eigenvalue weighted by atomic mass is 10.2. The number of hydrogen-bond acceptors (Lipinski definition) is 8. The maximum Gasteiger partial charge on any atom is 0.258 e. The molecule has 0 saturated heterocycles. The average Bonchev–Trinajstić information content (AvgIpc) is 2.77. The molecule has 0 fully saturated rings. The summed E-state index contributed by atoms with van der Waals surface area (Å²) in [6.45, 7) is 5.53. The maximum atomic E-state index is 12.9. The van der Waals surface area contributed by atoms with E-state index >= 15 is 0 Å². The van der Waals surface area contributed by atoms with Crippen molar-refractivity contribution in [1.82, 2.24) is 0 Å². The number of benzene rings is 2. The summed E-state index contributed by atoms with van der Waals surface area (Å²) < 4.78 is 21.4. The topological polar surface area (TPSA) is 108 Å². The smallest absolute Gasteiger partial charge is 0.258 e. The van der Waals surface area contributed by atoms with Crippen molar-refractivity contribution in [2.75, 3.05) is 32.8 Å². The average molecular weight is 498 g/mol. The van der Waals surface area contributed by atoms with Crippen LogP contribution in [0.2, 0.25) is 10.0 Å². The summed E-state index contributed by atoms with van der Waals surface area (Å²) in [7, 11) is 2.89. The lowest BCUT2D eigenvalue weighted by molar-refractivity contribution is -0.126. The van der Waals surface area contributed by atoms with Crippen LogP contribution in [0.15, 0.2) is 34.5 Å². The van der Waals surface area contributed by atoms with Gasteiger partial charge in [0.15, 0.2) is 17.3 Å². The van der Waals surface area contributed by atoms with Gasteiger partial charge in [0.1, 0.15) is 22.2 Å². The van der Waals surface area contributed by atoms with Gasteiger partial charge >= 0.3 is 0 Å². The largest absolute Gasteiger partial charge is 0.493 e. The molecule has 33 heavy (non-hydrogen) atoms. The minimum Gasteiger partial charge on any atom is -0.493 e. The first-order valence-electron chi connectivity index (χ1n) is 9.99. The lowest BCUT2D eigenvalue weighted by Gasteiger charge is -2.16. The van der Waals surface area contributed by atoms with Crippen molar-refractivity contribution in [1.29, 1.82) is 0 Å². The minimum absolute atomic E-state index is 0.126. The van der Waals surface area contributed by atoms with E-state index in [4.69, 9.17) is 42.1 Å². The van der Waals surface area contributed by atoms with E-state index in [1.54, 1.807) is 19.9 Å². The Balaban J connectivity index is 2.35. The summed E-state index contributed by atoms with van der Waals surface area (Å²) in [6.07, 6.45) is 0. The van der Waals surface area contributed by atoms with Crippen molar-refractivity contribution in [3.63, 3.8) is 0 Å². The summed E-state index contributed by atoms with van der Waals surface area (Å²) in [6, 6.07) is 4.73. The molecule has 1 atom stereocenters.